The molecule has 0 bridgehead atoms. The minimum Gasteiger partial charge on any atom is -0.397 e. The summed E-state index contributed by atoms with van der Waals surface area (Å²) >= 11 is 1.96. The smallest absolute Gasteiger partial charge is 0.138 e. The van der Waals surface area contributed by atoms with E-state index in [2.05, 4.69) is 17.1 Å². The summed E-state index contributed by atoms with van der Waals surface area (Å²) < 4.78 is 14.1. The Hall–Kier alpha value is -0.560. The number of piperidine rings is 1. The fourth-order valence-corrected chi connectivity index (χ4v) is 2.97. The Morgan fingerprint density at radius 1 is 1.42 bits per heavy atom. The van der Waals surface area contributed by atoms with Gasteiger partial charge in [0.25, 0.3) is 0 Å². The summed E-state index contributed by atoms with van der Waals surface area (Å²) in [7, 11) is 0. The van der Waals surface area contributed by atoms with Gasteiger partial charge in [-0.15, -0.1) is 0 Å². The van der Waals surface area contributed by atoms with Gasteiger partial charge < -0.3 is 16.0 Å². The molecular formula is C14H21FIN3. The van der Waals surface area contributed by atoms with Crippen LogP contribution in [0.3, 0.4) is 0 Å². The summed E-state index contributed by atoms with van der Waals surface area (Å²) in [4.78, 5) is 2.47. The molecule has 1 aromatic carbocycles. The molecule has 0 aromatic heterocycles. The monoisotopic (exact) mass is 377 g/mol. The van der Waals surface area contributed by atoms with Crippen LogP contribution >= 0.6 is 22.6 Å². The average molecular weight is 377 g/mol. The molecule has 1 aliphatic rings. The normalized spacial score (nSPS) is 17.6. The van der Waals surface area contributed by atoms with Crippen LogP contribution in [0.25, 0.3) is 0 Å². The molecule has 5 heteroatoms. The van der Waals surface area contributed by atoms with Crippen LogP contribution in [0.1, 0.15) is 19.8 Å². The standard InChI is InChI=1S/C14H21FIN3/c1-2-19-5-3-10(4-6-19)9-18-14-7-11(15)12(16)8-13(14)17/h7-8,10,18H,2-6,9,17H2,1H3. The highest BCUT2D eigenvalue weighted by Gasteiger charge is 2.18. The van der Waals surface area contributed by atoms with Crippen LogP contribution in [-0.2, 0) is 0 Å². The minimum atomic E-state index is -0.210. The lowest BCUT2D eigenvalue weighted by Crippen LogP contribution is -2.35. The highest BCUT2D eigenvalue weighted by Crippen LogP contribution is 2.25. The van der Waals surface area contributed by atoms with Gasteiger partial charge in [-0.1, -0.05) is 6.92 Å². The second-order valence-electron chi connectivity index (χ2n) is 5.11. The number of rotatable bonds is 4. The maximum absolute atomic E-state index is 13.5. The number of nitrogens with zero attached hydrogens (tertiary/aromatic N) is 1. The van der Waals surface area contributed by atoms with Gasteiger partial charge in [-0.3, -0.25) is 0 Å². The van der Waals surface area contributed by atoms with E-state index in [0.29, 0.717) is 15.2 Å². The molecule has 0 spiro atoms. The van der Waals surface area contributed by atoms with Gasteiger partial charge in [0.2, 0.25) is 0 Å². The molecule has 3 N–H and O–H groups in total. The number of halogens is 2. The van der Waals surface area contributed by atoms with Crippen LogP contribution in [0.4, 0.5) is 15.8 Å². The first kappa shape index (κ1) is 14.8. The van der Waals surface area contributed by atoms with Crippen LogP contribution < -0.4 is 11.1 Å². The zero-order chi connectivity index (χ0) is 13.8. The third kappa shape index (κ3) is 3.95. The maximum atomic E-state index is 13.5. The number of nitrogens with one attached hydrogen (secondary N) is 1. The molecule has 2 rings (SSSR count). The second kappa shape index (κ2) is 6.74. The van der Waals surface area contributed by atoms with Crippen molar-refractivity contribution in [1.29, 1.82) is 0 Å². The summed E-state index contributed by atoms with van der Waals surface area (Å²) in [5.41, 5.74) is 7.25. The van der Waals surface area contributed by atoms with Crippen molar-refractivity contribution in [3.05, 3.63) is 21.5 Å². The third-order valence-corrected chi connectivity index (χ3v) is 4.65. The van der Waals surface area contributed by atoms with E-state index in [4.69, 9.17) is 5.73 Å². The van der Waals surface area contributed by atoms with Crippen LogP contribution in [0.5, 0.6) is 0 Å². The Kier molecular flexibility index (Phi) is 5.27. The summed E-state index contributed by atoms with van der Waals surface area (Å²) in [6.07, 6.45) is 2.40. The lowest BCUT2D eigenvalue weighted by molar-refractivity contribution is 0.198. The molecule has 1 saturated heterocycles. The van der Waals surface area contributed by atoms with Gasteiger partial charge in [0.05, 0.1) is 14.9 Å². The molecule has 0 aliphatic carbocycles. The van der Waals surface area contributed by atoms with E-state index in [0.717, 1.165) is 18.8 Å². The van der Waals surface area contributed by atoms with Gasteiger partial charge in [0.1, 0.15) is 5.82 Å². The van der Waals surface area contributed by atoms with E-state index in [9.17, 15) is 4.39 Å². The van der Waals surface area contributed by atoms with Gasteiger partial charge in [-0.25, -0.2) is 4.39 Å². The Morgan fingerprint density at radius 2 is 2.11 bits per heavy atom. The molecule has 1 aliphatic heterocycles. The fraction of sp³-hybridized carbons (Fsp3) is 0.571. The van der Waals surface area contributed by atoms with Crippen molar-refractivity contribution in [3.8, 4) is 0 Å². The summed E-state index contributed by atoms with van der Waals surface area (Å²) in [5, 5.41) is 3.30. The molecule has 0 saturated carbocycles. The number of benzene rings is 1. The topological polar surface area (TPSA) is 41.3 Å². The first-order valence-electron chi connectivity index (χ1n) is 6.81. The molecule has 0 unspecified atom stereocenters. The van der Waals surface area contributed by atoms with E-state index in [1.165, 1.54) is 32.0 Å². The maximum Gasteiger partial charge on any atom is 0.138 e. The van der Waals surface area contributed by atoms with Crippen molar-refractivity contribution in [2.75, 3.05) is 37.2 Å². The molecule has 1 heterocycles. The Labute approximate surface area is 127 Å². The Morgan fingerprint density at radius 3 is 2.74 bits per heavy atom. The lowest BCUT2D eigenvalue weighted by Gasteiger charge is -2.31. The van der Waals surface area contributed by atoms with Gasteiger partial charge in [-0.05, 0) is 67.1 Å². The van der Waals surface area contributed by atoms with Gasteiger partial charge in [0, 0.05) is 12.6 Å². The second-order valence-corrected chi connectivity index (χ2v) is 6.27. The van der Waals surface area contributed by atoms with Crippen molar-refractivity contribution in [2.24, 2.45) is 5.92 Å². The molecule has 19 heavy (non-hydrogen) atoms. The Balaban J connectivity index is 1.88. The van der Waals surface area contributed by atoms with Crippen LogP contribution in [-0.4, -0.2) is 31.1 Å². The highest BCUT2D eigenvalue weighted by atomic mass is 127. The van der Waals surface area contributed by atoms with E-state index in [-0.39, 0.29) is 5.82 Å². The average Bonchev–Trinajstić information content (AvgIpc) is 2.42. The van der Waals surface area contributed by atoms with Crippen molar-refractivity contribution < 1.29 is 4.39 Å². The van der Waals surface area contributed by atoms with Crippen LogP contribution in [0.2, 0.25) is 0 Å². The Bertz CT molecular complexity index is 431. The molecule has 1 fully saturated rings. The first-order valence-corrected chi connectivity index (χ1v) is 7.88. The number of likely N-dealkylation sites (tertiary alicyclic amines) is 1. The van der Waals surface area contributed by atoms with Crippen molar-refractivity contribution in [3.63, 3.8) is 0 Å². The van der Waals surface area contributed by atoms with Crippen molar-refractivity contribution in [1.82, 2.24) is 4.90 Å². The minimum absolute atomic E-state index is 0.210. The number of hydrogen-bond donors (Lipinski definition) is 2. The molecular weight excluding hydrogens is 356 g/mol. The number of anilines is 2. The van der Waals surface area contributed by atoms with Crippen LogP contribution in [0.15, 0.2) is 12.1 Å². The zero-order valence-corrected chi connectivity index (χ0v) is 13.4. The first-order chi connectivity index (χ1) is 9.10. The van der Waals surface area contributed by atoms with Gasteiger partial charge in [0.15, 0.2) is 0 Å². The highest BCUT2D eigenvalue weighted by molar-refractivity contribution is 14.1. The summed E-state index contributed by atoms with van der Waals surface area (Å²) in [5.74, 6) is 0.447. The zero-order valence-electron chi connectivity index (χ0n) is 11.3. The number of hydrogen-bond acceptors (Lipinski definition) is 3. The van der Waals surface area contributed by atoms with E-state index in [1.807, 2.05) is 22.6 Å². The summed E-state index contributed by atoms with van der Waals surface area (Å²) in [6.45, 7) is 6.55. The van der Waals surface area contributed by atoms with E-state index in [1.54, 1.807) is 6.07 Å². The fourth-order valence-electron chi connectivity index (χ4n) is 2.48. The van der Waals surface area contributed by atoms with Gasteiger partial charge >= 0.3 is 0 Å². The molecule has 3 nitrogen and oxygen atoms in total. The number of nitrogen functional groups attached to an aromatic ring is 1. The molecule has 0 amide bonds. The molecule has 106 valence electrons. The predicted octanol–water partition coefficient (Wildman–Crippen LogP) is 3.16. The van der Waals surface area contributed by atoms with Crippen LogP contribution in [0, 0.1) is 15.3 Å². The molecule has 0 radical (unpaired) electrons. The molecule has 1 aromatic rings. The van der Waals surface area contributed by atoms with E-state index < -0.39 is 0 Å². The SMILES string of the molecule is CCN1CCC(CNc2cc(F)c(I)cc2N)CC1. The number of nitrogens with two attached hydrogens (primary N) is 1. The third-order valence-electron chi connectivity index (χ3n) is 3.83. The van der Waals surface area contributed by atoms with E-state index >= 15 is 0 Å². The van der Waals surface area contributed by atoms with Crippen molar-refractivity contribution in [2.45, 2.75) is 19.8 Å². The quantitative estimate of drug-likeness (QED) is 0.626. The summed E-state index contributed by atoms with van der Waals surface area (Å²) in [6, 6.07) is 3.18. The predicted molar refractivity (Wildman–Crippen MR) is 86.9 cm³/mol. The van der Waals surface area contributed by atoms with Crippen molar-refractivity contribution >= 4 is 34.0 Å². The molecule has 0 atom stereocenters. The largest absolute Gasteiger partial charge is 0.397 e. The lowest BCUT2D eigenvalue weighted by atomic mass is 9.96. The van der Waals surface area contributed by atoms with Gasteiger partial charge in [-0.2, -0.15) is 0 Å².